The van der Waals surface area contributed by atoms with Crippen LogP contribution in [0.1, 0.15) is 11.5 Å². The molecule has 5 heteroatoms. The Hall–Kier alpha value is -5.94. The predicted octanol–water partition coefficient (Wildman–Crippen LogP) is 9.40. The zero-order valence-corrected chi connectivity index (χ0v) is 24.3. The van der Waals surface area contributed by atoms with Gasteiger partial charge in [0.15, 0.2) is 0 Å². The molecular formula is C40H27N5. The first kappa shape index (κ1) is 24.5. The van der Waals surface area contributed by atoms with Crippen molar-refractivity contribution in [3.05, 3.63) is 158 Å². The number of pyridine rings is 2. The van der Waals surface area contributed by atoms with E-state index in [1.165, 1.54) is 33.1 Å². The highest BCUT2D eigenvalue weighted by molar-refractivity contribution is 6.09. The number of rotatable bonds is 3. The Morgan fingerprint density at radius 2 is 1.02 bits per heavy atom. The van der Waals surface area contributed by atoms with Crippen molar-refractivity contribution in [2.75, 3.05) is 4.90 Å². The average molecular weight is 578 g/mol. The van der Waals surface area contributed by atoms with E-state index in [0.717, 1.165) is 39.1 Å². The van der Waals surface area contributed by atoms with E-state index in [4.69, 9.17) is 9.97 Å². The highest BCUT2D eigenvalue weighted by Crippen LogP contribution is 2.48. The van der Waals surface area contributed by atoms with Gasteiger partial charge in [-0.15, -0.1) is 0 Å². The van der Waals surface area contributed by atoms with Crippen LogP contribution in [-0.4, -0.2) is 25.1 Å². The number of aromatic nitrogens is 4. The zero-order valence-electron chi connectivity index (χ0n) is 24.3. The molecule has 1 aliphatic carbocycles. The van der Waals surface area contributed by atoms with Crippen molar-refractivity contribution >= 4 is 55.2 Å². The molecule has 0 bridgehead atoms. The second kappa shape index (κ2) is 9.28. The molecule has 0 amide bonds. The molecular weight excluding hydrogens is 550 g/mol. The number of fused-ring (bicyclic) bond motifs is 9. The van der Waals surface area contributed by atoms with Crippen molar-refractivity contribution in [1.82, 2.24) is 19.1 Å². The lowest BCUT2D eigenvalue weighted by Gasteiger charge is -2.30. The lowest BCUT2D eigenvalue weighted by Crippen LogP contribution is -2.28. The zero-order chi connectivity index (χ0) is 29.5. The summed E-state index contributed by atoms with van der Waals surface area (Å²) in [6.07, 6.45) is 12.7. The van der Waals surface area contributed by atoms with Crippen LogP contribution in [0.3, 0.4) is 0 Å². The van der Waals surface area contributed by atoms with Crippen LogP contribution in [0.5, 0.6) is 0 Å². The minimum absolute atomic E-state index is 0.190. The summed E-state index contributed by atoms with van der Waals surface area (Å²) in [6.45, 7) is 0. The van der Waals surface area contributed by atoms with E-state index in [1.54, 1.807) is 0 Å². The maximum atomic E-state index is 4.78. The molecule has 2 aliphatic rings. The first-order valence-electron chi connectivity index (χ1n) is 15.4. The number of nitrogens with zero attached hydrogens (tertiary/aromatic N) is 5. The van der Waals surface area contributed by atoms with Crippen molar-refractivity contribution in [2.24, 2.45) is 0 Å². The molecule has 8 aromatic rings. The second-order valence-corrected chi connectivity index (χ2v) is 11.9. The second-order valence-electron chi connectivity index (χ2n) is 11.9. The number of para-hydroxylation sites is 3. The summed E-state index contributed by atoms with van der Waals surface area (Å²) in [6, 6.07) is 41.8. The summed E-state index contributed by atoms with van der Waals surface area (Å²) in [7, 11) is 0. The van der Waals surface area contributed by atoms with Gasteiger partial charge in [0.05, 0.1) is 39.5 Å². The predicted molar refractivity (Wildman–Crippen MR) is 184 cm³/mol. The molecule has 5 heterocycles. The molecule has 10 rings (SSSR count). The van der Waals surface area contributed by atoms with Crippen molar-refractivity contribution in [2.45, 2.75) is 12.0 Å². The van der Waals surface area contributed by atoms with E-state index in [-0.39, 0.29) is 6.04 Å². The van der Waals surface area contributed by atoms with Gasteiger partial charge in [0.1, 0.15) is 11.0 Å². The Labute approximate surface area is 259 Å². The molecule has 5 nitrogen and oxygen atoms in total. The maximum Gasteiger partial charge on any atom is 0.115 e. The average Bonchev–Trinajstić information content (AvgIpc) is 3.74. The van der Waals surface area contributed by atoms with E-state index in [0.29, 0.717) is 5.92 Å². The van der Waals surface area contributed by atoms with Gasteiger partial charge in [-0.25, -0.2) is 0 Å². The lowest BCUT2D eigenvalue weighted by atomic mass is 9.91. The molecule has 0 spiro atoms. The van der Waals surface area contributed by atoms with Gasteiger partial charge < -0.3 is 14.0 Å². The van der Waals surface area contributed by atoms with Gasteiger partial charge >= 0.3 is 0 Å². The summed E-state index contributed by atoms with van der Waals surface area (Å²) in [5, 5.41) is 2.49. The Kier molecular flexibility index (Phi) is 5.05. The van der Waals surface area contributed by atoms with Crippen LogP contribution in [0.2, 0.25) is 0 Å². The first-order chi connectivity index (χ1) is 22.3. The van der Waals surface area contributed by atoms with Gasteiger partial charge in [-0.1, -0.05) is 78.9 Å². The lowest BCUT2D eigenvalue weighted by molar-refractivity contribution is 0.744. The van der Waals surface area contributed by atoms with Crippen molar-refractivity contribution in [3.63, 3.8) is 0 Å². The van der Waals surface area contributed by atoms with Gasteiger partial charge in [0.2, 0.25) is 0 Å². The minimum atomic E-state index is 0.190. The quantitative estimate of drug-likeness (QED) is 0.210. The normalized spacial score (nSPS) is 17.1. The summed E-state index contributed by atoms with van der Waals surface area (Å²) < 4.78 is 4.74. The molecule has 0 fully saturated rings. The largest absolute Gasteiger partial charge is 0.333 e. The monoisotopic (exact) mass is 577 g/mol. The Morgan fingerprint density at radius 1 is 0.489 bits per heavy atom. The fourth-order valence-corrected chi connectivity index (χ4v) is 7.70. The third-order valence-electron chi connectivity index (χ3n) is 9.50. The fourth-order valence-electron chi connectivity index (χ4n) is 7.70. The van der Waals surface area contributed by atoms with Gasteiger partial charge in [-0.05, 0) is 66.2 Å². The molecule has 0 saturated carbocycles. The van der Waals surface area contributed by atoms with E-state index in [2.05, 4.69) is 141 Å². The van der Waals surface area contributed by atoms with Crippen LogP contribution < -0.4 is 4.90 Å². The van der Waals surface area contributed by atoms with Crippen molar-refractivity contribution in [1.29, 1.82) is 0 Å². The molecule has 4 aromatic carbocycles. The number of hydrogen-bond acceptors (Lipinski definition) is 3. The molecule has 1 aliphatic heterocycles. The fraction of sp³-hybridized carbons (Fsp3) is 0.0500. The summed E-state index contributed by atoms with van der Waals surface area (Å²) in [5.74, 6) is 0.299. The first-order valence-corrected chi connectivity index (χ1v) is 15.4. The third kappa shape index (κ3) is 3.43. The standard InChI is InChI=1S/C40H27N5/c1-5-15-33-29(11-1)30-12-2-6-16-34(30)43(33)26-23-27(44-35-17-7-3-13-31(35)32-14-4-8-18-36(32)44)25-28(24-26)45-37-19-9-21-41-39(37)40-38(45)20-10-22-42-40/h1-25,29,33H. The van der Waals surface area contributed by atoms with Crippen LogP contribution in [0.25, 0.3) is 55.2 Å². The van der Waals surface area contributed by atoms with Gasteiger partial charge in [0.25, 0.3) is 0 Å². The van der Waals surface area contributed by atoms with Crippen LogP contribution in [-0.2, 0) is 0 Å². The van der Waals surface area contributed by atoms with E-state index < -0.39 is 0 Å². The van der Waals surface area contributed by atoms with Gasteiger partial charge in [-0.3, -0.25) is 9.97 Å². The Balaban J connectivity index is 1.32. The topological polar surface area (TPSA) is 38.9 Å². The molecule has 0 radical (unpaired) electrons. The Bertz CT molecular complexity index is 2290. The minimum Gasteiger partial charge on any atom is -0.333 e. The molecule has 0 saturated heterocycles. The van der Waals surface area contributed by atoms with Crippen LogP contribution in [0, 0.1) is 0 Å². The highest BCUT2D eigenvalue weighted by Gasteiger charge is 2.37. The van der Waals surface area contributed by atoms with Crippen molar-refractivity contribution < 1.29 is 0 Å². The van der Waals surface area contributed by atoms with E-state index >= 15 is 0 Å². The summed E-state index contributed by atoms with van der Waals surface area (Å²) in [5.41, 5.74) is 12.2. The van der Waals surface area contributed by atoms with Crippen LogP contribution >= 0.6 is 0 Å². The SMILES string of the molecule is C1=CC2c3ccccc3N(c3cc(-n4c5ccccc5c5ccccc54)cc(-n4c5cccnc5c5ncccc54)c3)C2C=C1. The van der Waals surface area contributed by atoms with Crippen LogP contribution in [0.15, 0.2) is 152 Å². The molecule has 2 unspecified atom stereocenters. The number of benzene rings is 4. The van der Waals surface area contributed by atoms with Crippen LogP contribution in [0.4, 0.5) is 11.4 Å². The number of anilines is 2. The highest BCUT2D eigenvalue weighted by atomic mass is 15.2. The van der Waals surface area contributed by atoms with E-state index in [1.807, 2.05) is 24.5 Å². The summed E-state index contributed by atoms with van der Waals surface area (Å²) >= 11 is 0. The number of hydrogen-bond donors (Lipinski definition) is 0. The summed E-state index contributed by atoms with van der Waals surface area (Å²) in [4.78, 5) is 12.1. The molecule has 45 heavy (non-hydrogen) atoms. The van der Waals surface area contributed by atoms with Crippen molar-refractivity contribution in [3.8, 4) is 11.4 Å². The smallest absolute Gasteiger partial charge is 0.115 e. The Morgan fingerprint density at radius 3 is 1.71 bits per heavy atom. The third-order valence-corrected chi connectivity index (χ3v) is 9.50. The van der Waals surface area contributed by atoms with Gasteiger partial charge in [-0.2, -0.15) is 0 Å². The molecule has 0 N–H and O–H groups in total. The number of allylic oxidation sites excluding steroid dienone is 2. The molecule has 4 aromatic heterocycles. The maximum absolute atomic E-state index is 4.78. The molecule has 212 valence electrons. The molecule has 2 atom stereocenters. The van der Waals surface area contributed by atoms with Gasteiger partial charge in [0, 0.05) is 40.5 Å². The van der Waals surface area contributed by atoms with E-state index in [9.17, 15) is 0 Å².